The molecule has 1 amide bonds. The van der Waals surface area contributed by atoms with E-state index in [-0.39, 0.29) is 23.3 Å². The molecular weight excluding hydrogens is 458 g/mol. The van der Waals surface area contributed by atoms with Crippen molar-refractivity contribution < 1.29 is 4.79 Å². The maximum absolute atomic E-state index is 13.1. The van der Waals surface area contributed by atoms with Crippen LogP contribution in [-0.2, 0) is 18.3 Å². The topological polar surface area (TPSA) is 55.2 Å². The Balaban J connectivity index is 1.36. The van der Waals surface area contributed by atoms with Crippen molar-refractivity contribution in [3.05, 3.63) is 68.6 Å². The van der Waals surface area contributed by atoms with E-state index >= 15 is 0 Å². The highest BCUT2D eigenvalue weighted by Gasteiger charge is 2.27. The van der Waals surface area contributed by atoms with Gasteiger partial charge in [0.1, 0.15) is 4.83 Å². The Bertz CT molecular complexity index is 1340. The quantitative estimate of drug-likeness (QED) is 0.285. The Kier molecular flexibility index (Phi) is 5.92. The van der Waals surface area contributed by atoms with Crippen molar-refractivity contribution in [2.24, 2.45) is 7.05 Å². The van der Waals surface area contributed by atoms with Gasteiger partial charge in [0.2, 0.25) is 5.91 Å². The van der Waals surface area contributed by atoms with Crippen molar-refractivity contribution in [3.63, 3.8) is 0 Å². The molecule has 0 fully saturated rings. The summed E-state index contributed by atoms with van der Waals surface area (Å²) in [6, 6.07) is 12.5. The predicted molar refractivity (Wildman–Crippen MR) is 134 cm³/mol. The summed E-state index contributed by atoms with van der Waals surface area (Å²) < 4.78 is 1.57. The number of thioether (sulfide) groups is 1. The molecule has 3 heterocycles. The van der Waals surface area contributed by atoms with Gasteiger partial charge in [-0.05, 0) is 41.8 Å². The van der Waals surface area contributed by atoms with Gasteiger partial charge in [-0.15, -0.1) is 22.7 Å². The van der Waals surface area contributed by atoms with Gasteiger partial charge >= 0.3 is 0 Å². The van der Waals surface area contributed by atoms with E-state index in [1.165, 1.54) is 34.2 Å². The lowest BCUT2D eigenvalue weighted by atomic mass is 9.87. The fourth-order valence-electron chi connectivity index (χ4n) is 4.33. The Morgan fingerprint density at radius 3 is 2.91 bits per heavy atom. The highest BCUT2D eigenvalue weighted by atomic mass is 32.2. The molecule has 5 rings (SSSR count). The van der Waals surface area contributed by atoms with E-state index in [0.717, 1.165) is 34.5 Å². The normalized spacial score (nSPS) is 15.6. The van der Waals surface area contributed by atoms with Crippen LogP contribution in [0.5, 0.6) is 0 Å². The smallest absolute Gasteiger partial charge is 0.263 e. The number of rotatable bonds is 5. The van der Waals surface area contributed by atoms with E-state index in [1.54, 1.807) is 23.0 Å². The van der Waals surface area contributed by atoms with E-state index in [4.69, 9.17) is 4.98 Å². The van der Waals surface area contributed by atoms with E-state index in [1.807, 2.05) is 40.9 Å². The molecular formula is C24H23N3O2S3. The highest BCUT2D eigenvalue weighted by Crippen LogP contribution is 2.35. The number of carbonyl (C=O) groups is 1. The lowest BCUT2D eigenvalue weighted by Gasteiger charge is -2.33. The standard InChI is InChI=1S/C24H23N3O2S3/c1-26(18-10-5-8-15-7-3-4-9-16(15)18)20(28)14-32-24-25-22-21(23(29)27(24)2)17(13-31-22)19-11-6-12-30-19/h3-4,6-7,9,11-13,18H,5,8,10,14H2,1-2H3. The van der Waals surface area contributed by atoms with Crippen LogP contribution in [0.4, 0.5) is 0 Å². The zero-order valence-electron chi connectivity index (χ0n) is 17.9. The van der Waals surface area contributed by atoms with Crippen molar-refractivity contribution in [2.75, 3.05) is 12.8 Å². The van der Waals surface area contributed by atoms with E-state index in [0.29, 0.717) is 10.5 Å². The van der Waals surface area contributed by atoms with Crippen LogP contribution in [0, 0.1) is 0 Å². The number of benzene rings is 1. The minimum absolute atomic E-state index is 0.0523. The summed E-state index contributed by atoms with van der Waals surface area (Å²) in [4.78, 5) is 34.5. The zero-order chi connectivity index (χ0) is 22.2. The number of aromatic nitrogens is 2. The Labute approximate surface area is 198 Å². The fourth-order valence-corrected chi connectivity index (χ4v) is 7.03. The third-order valence-corrected chi connectivity index (χ3v) is 8.87. The first-order valence-electron chi connectivity index (χ1n) is 10.5. The van der Waals surface area contributed by atoms with Gasteiger partial charge in [-0.1, -0.05) is 42.1 Å². The molecule has 1 aliphatic carbocycles. The van der Waals surface area contributed by atoms with E-state index < -0.39 is 0 Å². The van der Waals surface area contributed by atoms with Gasteiger partial charge in [0.05, 0.1) is 17.2 Å². The SMILES string of the molecule is CN(C(=O)CSc1nc2scc(-c3cccs3)c2c(=O)n1C)C1CCCc2ccccc21. The van der Waals surface area contributed by atoms with Gasteiger partial charge in [-0.25, -0.2) is 4.98 Å². The molecule has 1 aromatic carbocycles. The van der Waals surface area contributed by atoms with Gasteiger partial charge in [-0.2, -0.15) is 0 Å². The van der Waals surface area contributed by atoms with Crippen molar-refractivity contribution in [1.82, 2.24) is 14.5 Å². The molecule has 1 aliphatic rings. The average Bonchev–Trinajstić information content (AvgIpc) is 3.49. The minimum atomic E-state index is -0.0656. The van der Waals surface area contributed by atoms with Crippen molar-refractivity contribution >= 4 is 50.6 Å². The molecule has 8 heteroatoms. The fraction of sp³-hybridized carbons (Fsp3) is 0.292. The lowest BCUT2D eigenvalue weighted by molar-refractivity contribution is -0.129. The maximum atomic E-state index is 13.1. The van der Waals surface area contributed by atoms with Gasteiger partial charge in [0.15, 0.2) is 5.16 Å². The monoisotopic (exact) mass is 481 g/mol. The number of thiophene rings is 2. The van der Waals surface area contributed by atoms with Crippen LogP contribution in [0.25, 0.3) is 20.7 Å². The Hall–Kier alpha value is -2.42. The molecule has 0 radical (unpaired) electrons. The maximum Gasteiger partial charge on any atom is 0.263 e. The number of hydrogen-bond acceptors (Lipinski definition) is 6. The molecule has 0 saturated heterocycles. The van der Waals surface area contributed by atoms with Crippen LogP contribution in [0.1, 0.15) is 30.0 Å². The lowest BCUT2D eigenvalue weighted by Crippen LogP contribution is -2.34. The van der Waals surface area contributed by atoms with Crippen molar-refractivity contribution in [3.8, 4) is 10.4 Å². The second kappa shape index (κ2) is 8.84. The summed E-state index contributed by atoms with van der Waals surface area (Å²) in [5.74, 6) is 0.306. The van der Waals surface area contributed by atoms with Crippen LogP contribution < -0.4 is 5.56 Å². The first kappa shape index (κ1) is 21.4. The number of hydrogen-bond donors (Lipinski definition) is 0. The molecule has 1 atom stereocenters. The van der Waals surface area contributed by atoms with Crippen LogP contribution in [0.15, 0.2) is 57.1 Å². The summed E-state index contributed by atoms with van der Waals surface area (Å²) in [6.45, 7) is 0. The summed E-state index contributed by atoms with van der Waals surface area (Å²) >= 11 is 4.43. The molecule has 3 aromatic heterocycles. The van der Waals surface area contributed by atoms with Gasteiger partial charge < -0.3 is 4.90 Å². The molecule has 0 N–H and O–H groups in total. The molecule has 32 heavy (non-hydrogen) atoms. The molecule has 4 aromatic rings. The summed E-state index contributed by atoms with van der Waals surface area (Å²) in [5.41, 5.74) is 3.47. The second-order valence-electron chi connectivity index (χ2n) is 7.97. The largest absolute Gasteiger partial charge is 0.338 e. The number of amides is 1. The van der Waals surface area contributed by atoms with Crippen LogP contribution >= 0.6 is 34.4 Å². The molecule has 0 spiro atoms. The summed E-state index contributed by atoms with van der Waals surface area (Å²) in [7, 11) is 3.62. The Morgan fingerprint density at radius 1 is 1.25 bits per heavy atom. The molecule has 0 bridgehead atoms. The second-order valence-corrected chi connectivity index (χ2v) is 10.7. The minimum Gasteiger partial charge on any atom is -0.338 e. The third kappa shape index (κ3) is 3.80. The number of carbonyl (C=O) groups excluding carboxylic acids is 1. The molecule has 0 aliphatic heterocycles. The van der Waals surface area contributed by atoms with Gasteiger partial charge in [0, 0.05) is 29.9 Å². The number of nitrogens with zero attached hydrogens (tertiary/aromatic N) is 3. The van der Waals surface area contributed by atoms with Crippen LogP contribution in [0.3, 0.4) is 0 Å². The highest BCUT2D eigenvalue weighted by molar-refractivity contribution is 7.99. The average molecular weight is 482 g/mol. The first-order chi connectivity index (χ1) is 15.5. The molecule has 5 nitrogen and oxygen atoms in total. The first-order valence-corrected chi connectivity index (χ1v) is 13.3. The summed E-state index contributed by atoms with van der Waals surface area (Å²) in [6.07, 6.45) is 3.14. The van der Waals surface area contributed by atoms with Crippen LogP contribution in [-0.4, -0.2) is 33.2 Å². The van der Waals surface area contributed by atoms with E-state index in [2.05, 4.69) is 18.2 Å². The van der Waals surface area contributed by atoms with Gasteiger partial charge in [0.25, 0.3) is 5.56 Å². The third-order valence-electron chi connectivity index (χ3n) is 6.08. The Morgan fingerprint density at radius 2 is 2.09 bits per heavy atom. The summed E-state index contributed by atoms with van der Waals surface area (Å²) in [5, 5.41) is 5.24. The molecule has 164 valence electrons. The molecule has 0 saturated carbocycles. The number of aryl methyl sites for hydroxylation is 1. The predicted octanol–water partition coefficient (Wildman–Crippen LogP) is 5.35. The van der Waals surface area contributed by atoms with Crippen LogP contribution in [0.2, 0.25) is 0 Å². The van der Waals surface area contributed by atoms with Crippen molar-refractivity contribution in [2.45, 2.75) is 30.5 Å². The zero-order valence-corrected chi connectivity index (χ0v) is 20.4. The van der Waals surface area contributed by atoms with Gasteiger partial charge in [-0.3, -0.25) is 14.2 Å². The van der Waals surface area contributed by atoms with E-state index in [9.17, 15) is 9.59 Å². The van der Waals surface area contributed by atoms with Crippen molar-refractivity contribution in [1.29, 1.82) is 0 Å². The number of fused-ring (bicyclic) bond motifs is 2. The molecule has 1 unspecified atom stereocenters.